The highest BCUT2D eigenvalue weighted by Gasteiger charge is 2.44. The van der Waals surface area contributed by atoms with Crippen molar-refractivity contribution in [3.8, 4) is 0 Å². The average Bonchev–Trinajstić information content (AvgIpc) is 1.75. The molecule has 0 aromatic carbocycles. The molecule has 0 amide bonds. The van der Waals surface area contributed by atoms with Gasteiger partial charge in [0.15, 0.2) is 0 Å². The Morgan fingerprint density at radius 3 is 1.86 bits per heavy atom. The van der Waals surface area contributed by atoms with Crippen molar-refractivity contribution >= 4 is 0 Å². The second-order valence-corrected chi connectivity index (χ2v) is 6.71. The van der Waals surface area contributed by atoms with E-state index in [9.17, 15) is 0 Å². The van der Waals surface area contributed by atoms with Crippen LogP contribution < -0.4 is 5.73 Å². The quantitative estimate of drug-likeness (QED) is 0.671. The summed E-state index contributed by atoms with van der Waals surface area (Å²) in [5.74, 6) is 0. The normalized spacial score (nSPS) is 28.4. The number of rotatable bonds is 2. The Hall–Kier alpha value is -0.300. The van der Waals surface area contributed by atoms with Gasteiger partial charge in [0.2, 0.25) is 0 Å². The van der Waals surface area contributed by atoms with Crippen molar-refractivity contribution in [1.29, 1.82) is 0 Å². The summed E-state index contributed by atoms with van der Waals surface area (Å²) in [6, 6.07) is 0. The Balaban J connectivity index is 2.85. The van der Waals surface area contributed by atoms with Crippen molar-refractivity contribution < 1.29 is 0 Å². The van der Waals surface area contributed by atoms with Crippen LogP contribution in [0.3, 0.4) is 0 Å². The number of nitrogens with two attached hydrogens (primary N) is 1. The van der Waals surface area contributed by atoms with Crippen LogP contribution in [0, 0.1) is 10.8 Å². The third-order valence-electron chi connectivity index (χ3n) is 3.17. The van der Waals surface area contributed by atoms with E-state index >= 15 is 0 Å². The zero-order valence-corrected chi connectivity index (χ0v) is 10.2. The molecule has 1 nitrogen and oxygen atoms in total. The van der Waals surface area contributed by atoms with Gasteiger partial charge in [-0.25, -0.2) is 0 Å². The van der Waals surface area contributed by atoms with E-state index in [2.05, 4.69) is 34.3 Å². The van der Waals surface area contributed by atoms with Crippen LogP contribution in [0.2, 0.25) is 0 Å². The van der Waals surface area contributed by atoms with Crippen molar-refractivity contribution in [2.75, 3.05) is 0 Å². The first-order valence-electron chi connectivity index (χ1n) is 5.58. The van der Waals surface area contributed by atoms with E-state index in [0.717, 1.165) is 19.3 Å². The van der Waals surface area contributed by atoms with Gasteiger partial charge in [-0.2, -0.15) is 0 Å². The number of hydrogen-bond acceptors (Lipinski definition) is 1. The molecule has 0 spiro atoms. The molecule has 82 valence electrons. The molecule has 0 aliphatic heterocycles. The van der Waals surface area contributed by atoms with E-state index < -0.39 is 0 Å². The molecule has 0 aromatic rings. The molecule has 1 heteroatoms. The van der Waals surface area contributed by atoms with Crippen LogP contribution in [0.4, 0.5) is 0 Å². The standard InChI is InChI=1S/C13H25N/c1-6-7-13(14)9-11(2,3)8-12(4,5)10-13/h6H,1,7-10,14H2,2-5H3. The summed E-state index contributed by atoms with van der Waals surface area (Å²) in [5.41, 5.74) is 7.18. The molecule has 0 radical (unpaired) electrons. The van der Waals surface area contributed by atoms with Gasteiger partial charge in [0.1, 0.15) is 0 Å². The minimum atomic E-state index is -0.0208. The Kier molecular flexibility index (Phi) is 2.84. The van der Waals surface area contributed by atoms with E-state index in [-0.39, 0.29) is 5.54 Å². The lowest BCUT2D eigenvalue weighted by Crippen LogP contribution is -2.51. The van der Waals surface area contributed by atoms with Gasteiger partial charge < -0.3 is 5.73 Å². The van der Waals surface area contributed by atoms with Crippen molar-refractivity contribution in [3.05, 3.63) is 12.7 Å². The predicted molar refractivity (Wildman–Crippen MR) is 63.1 cm³/mol. The van der Waals surface area contributed by atoms with Crippen LogP contribution in [0.25, 0.3) is 0 Å². The van der Waals surface area contributed by atoms with Gasteiger partial charge in [0, 0.05) is 5.54 Å². The van der Waals surface area contributed by atoms with Crippen molar-refractivity contribution in [2.24, 2.45) is 16.6 Å². The van der Waals surface area contributed by atoms with Gasteiger partial charge in [-0.05, 0) is 36.5 Å². The third kappa shape index (κ3) is 2.84. The minimum Gasteiger partial charge on any atom is -0.325 e. The molecule has 0 aromatic heterocycles. The van der Waals surface area contributed by atoms with Crippen LogP contribution in [0.5, 0.6) is 0 Å². The van der Waals surface area contributed by atoms with Gasteiger partial charge in [-0.1, -0.05) is 33.8 Å². The predicted octanol–water partition coefficient (Wildman–Crippen LogP) is 3.50. The van der Waals surface area contributed by atoms with E-state index in [4.69, 9.17) is 5.73 Å². The van der Waals surface area contributed by atoms with Gasteiger partial charge in [0.05, 0.1) is 0 Å². The topological polar surface area (TPSA) is 26.0 Å². The first-order valence-corrected chi connectivity index (χ1v) is 5.58. The molecule has 0 unspecified atom stereocenters. The monoisotopic (exact) mass is 195 g/mol. The summed E-state index contributed by atoms with van der Waals surface area (Å²) in [7, 11) is 0. The molecule has 1 rings (SSSR count). The van der Waals surface area contributed by atoms with Crippen LogP contribution >= 0.6 is 0 Å². The second kappa shape index (κ2) is 3.37. The van der Waals surface area contributed by atoms with Crippen molar-refractivity contribution in [3.63, 3.8) is 0 Å². The molecule has 0 bridgehead atoms. The Bertz CT molecular complexity index is 209. The zero-order chi connectivity index (χ0) is 11.0. The summed E-state index contributed by atoms with van der Waals surface area (Å²) in [6.07, 6.45) is 6.43. The molecule has 1 saturated carbocycles. The second-order valence-electron chi connectivity index (χ2n) is 6.71. The third-order valence-corrected chi connectivity index (χ3v) is 3.17. The minimum absolute atomic E-state index is 0.0208. The Morgan fingerprint density at radius 1 is 1.07 bits per heavy atom. The fourth-order valence-electron chi connectivity index (χ4n) is 3.82. The van der Waals surface area contributed by atoms with Gasteiger partial charge in [-0.15, -0.1) is 6.58 Å². The maximum Gasteiger partial charge on any atom is 0.0199 e. The van der Waals surface area contributed by atoms with Gasteiger partial charge in [0.25, 0.3) is 0 Å². The Morgan fingerprint density at radius 2 is 1.50 bits per heavy atom. The number of hydrogen-bond donors (Lipinski definition) is 1. The molecular weight excluding hydrogens is 170 g/mol. The summed E-state index contributed by atoms with van der Waals surface area (Å²) < 4.78 is 0. The molecule has 0 saturated heterocycles. The first-order chi connectivity index (χ1) is 6.18. The summed E-state index contributed by atoms with van der Waals surface area (Å²) >= 11 is 0. The molecule has 1 aliphatic rings. The summed E-state index contributed by atoms with van der Waals surface area (Å²) in [4.78, 5) is 0. The van der Waals surface area contributed by atoms with E-state index in [1.807, 2.05) is 6.08 Å². The lowest BCUT2D eigenvalue weighted by atomic mass is 9.58. The van der Waals surface area contributed by atoms with Crippen molar-refractivity contribution in [1.82, 2.24) is 0 Å². The van der Waals surface area contributed by atoms with Gasteiger partial charge >= 0.3 is 0 Å². The Labute approximate surface area is 88.8 Å². The zero-order valence-electron chi connectivity index (χ0n) is 10.2. The highest BCUT2D eigenvalue weighted by Crippen LogP contribution is 2.50. The molecule has 14 heavy (non-hydrogen) atoms. The fraction of sp³-hybridized carbons (Fsp3) is 0.846. The largest absolute Gasteiger partial charge is 0.325 e. The lowest BCUT2D eigenvalue weighted by Gasteiger charge is -2.50. The fourth-order valence-corrected chi connectivity index (χ4v) is 3.82. The van der Waals surface area contributed by atoms with E-state index in [0.29, 0.717) is 10.8 Å². The molecular formula is C13H25N. The van der Waals surface area contributed by atoms with Crippen LogP contribution in [-0.4, -0.2) is 5.54 Å². The highest BCUT2D eigenvalue weighted by atomic mass is 14.8. The molecule has 0 atom stereocenters. The molecule has 1 fully saturated rings. The van der Waals surface area contributed by atoms with E-state index in [1.165, 1.54) is 6.42 Å². The first kappa shape index (κ1) is 11.8. The lowest BCUT2D eigenvalue weighted by molar-refractivity contribution is 0.0500. The van der Waals surface area contributed by atoms with Gasteiger partial charge in [-0.3, -0.25) is 0 Å². The van der Waals surface area contributed by atoms with Crippen molar-refractivity contribution in [2.45, 2.75) is 58.9 Å². The SMILES string of the molecule is C=CCC1(N)CC(C)(C)CC(C)(C)C1. The molecule has 0 heterocycles. The average molecular weight is 195 g/mol. The molecule has 1 aliphatic carbocycles. The smallest absolute Gasteiger partial charge is 0.0199 e. The summed E-state index contributed by atoms with van der Waals surface area (Å²) in [5, 5.41) is 0. The van der Waals surface area contributed by atoms with Crippen LogP contribution in [-0.2, 0) is 0 Å². The maximum absolute atomic E-state index is 6.45. The van der Waals surface area contributed by atoms with E-state index in [1.54, 1.807) is 0 Å². The van der Waals surface area contributed by atoms with Crippen LogP contribution in [0.1, 0.15) is 53.4 Å². The van der Waals surface area contributed by atoms with Crippen LogP contribution in [0.15, 0.2) is 12.7 Å². The maximum atomic E-state index is 6.45. The summed E-state index contributed by atoms with van der Waals surface area (Å²) in [6.45, 7) is 13.1. The molecule has 2 N–H and O–H groups in total. The highest BCUT2D eigenvalue weighted by molar-refractivity contribution is 5.03.